The minimum absolute atomic E-state index is 0.184. The predicted molar refractivity (Wildman–Crippen MR) is 122 cm³/mol. The minimum atomic E-state index is -0.184. The number of nitrogens with zero attached hydrogens (tertiary/aromatic N) is 2. The standard InChI is InChI=1S/C25H50N2O/c1-5-8-9-10-11-12-17-22-25(28-4,26(6-2)23-18-13-14-19-23)27(7-3)24-20-15-16-21-24/h23-24H,5-22H2,1-4H3. The maximum absolute atomic E-state index is 6.57. The van der Waals surface area contributed by atoms with Crippen molar-refractivity contribution >= 4 is 0 Å². The first-order valence-corrected chi connectivity index (χ1v) is 12.8. The van der Waals surface area contributed by atoms with Gasteiger partial charge in [-0.3, -0.25) is 9.80 Å². The van der Waals surface area contributed by atoms with Gasteiger partial charge in [0.25, 0.3) is 0 Å². The quantitative estimate of drug-likeness (QED) is 0.221. The van der Waals surface area contributed by atoms with Gasteiger partial charge in [-0.25, -0.2) is 0 Å². The van der Waals surface area contributed by atoms with Gasteiger partial charge in [-0.1, -0.05) is 85.0 Å². The summed E-state index contributed by atoms with van der Waals surface area (Å²) in [6, 6.07) is 1.43. The van der Waals surface area contributed by atoms with Crippen LogP contribution in [0.3, 0.4) is 0 Å². The molecule has 0 N–H and O–H groups in total. The second-order valence-corrected chi connectivity index (χ2v) is 9.27. The van der Waals surface area contributed by atoms with E-state index in [1.54, 1.807) is 0 Å². The van der Waals surface area contributed by atoms with Gasteiger partial charge in [-0.05, 0) is 45.2 Å². The van der Waals surface area contributed by atoms with Crippen molar-refractivity contribution in [3.63, 3.8) is 0 Å². The Kier molecular flexibility index (Phi) is 11.4. The number of ether oxygens (including phenoxy) is 1. The van der Waals surface area contributed by atoms with E-state index < -0.39 is 0 Å². The van der Waals surface area contributed by atoms with Crippen LogP contribution in [0.5, 0.6) is 0 Å². The van der Waals surface area contributed by atoms with E-state index in [2.05, 4.69) is 30.6 Å². The van der Waals surface area contributed by atoms with Crippen molar-refractivity contribution in [1.82, 2.24) is 9.80 Å². The lowest BCUT2D eigenvalue weighted by Gasteiger charge is -2.53. The zero-order valence-electron chi connectivity index (χ0n) is 19.7. The molecule has 166 valence electrons. The molecule has 28 heavy (non-hydrogen) atoms. The van der Waals surface area contributed by atoms with E-state index in [0.29, 0.717) is 12.1 Å². The molecule has 0 amide bonds. The number of hydrogen-bond acceptors (Lipinski definition) is 3. The van der Waals surface area contributed by atoms with Gasteiger partial charge in [-0.15, -0.1) is 0 Å². The second-order valence-electron chi connectivity index (χ2n) is 9.27. The Morgan fingerprint density at radius 2 is 1.11 bits per heavy atom. The number of unbranched alkanes of at least 4 members (excludes halogenated alkanes) is 6. The van der Waals surface area contributed by atoms with E-state index in [4.69, 9.17) is 4.74 Å². The molecule has 0 aromatic carbocycles. The van der Waals surface area contributed by atoms with Gasteiger partial charge in [0.15, 0.2) is 5.85 Å². The van der Waals surface area contributed by atoms with Gasteiger partial charge in [0, 0.05) is 25.6 Å². The van der Waals surface area contributed by atoms with Crippen molar-refractivity contribution in [2.24, 2.45) is 0 Å². The molecule has 3 nitrogen and oxygen atoms in total. The summed E-state index contributed by atoms with van der Waals surface area (Å²) in [5.41, 5.74) is 0. The first kappa shape index (κ1) is 24.2. The van der Waals surface area contributed by atoms with Crippen LogP contribution in [0.2, 0.25) is 0 Å². The zero-order valence-corrected chi connectivity index (χ0v) is 19.7. The summed E-state index contributed by atoms with van der Waals surface area (Å²) in [7, 11) is 2.00. The maximum Gasteiger partial charge on any atom is 0.179 e. The molecule has 0 heterocycles. The van der Waals surface area contributed by atoms with Crippen molar-refractivity contribution in [1.29, 1.82) is 0 Å². The lowest BCUT2D eigenvalue weighted by Crippen LogP contribution is -2.66. The topological polar surface area (TPSA) is 15.7 Å². The third kappa shape index (κ3) is 6.19. The van der Waals surface area contributed by atoms with Crippen LogP contribution in [0.1, 0.15) is 124 Å². The molecule has 0 saturated heterocycles. The normalized spacial score (nSPS) is 19.5. The first-order valence-electron chi connectivity index (χ1n) is 12.8. The van der Waals surface area contributed by atoms with Gasteiger partial charge < -0.3 is 4.74 Å². The predicted octanol–water partition coefficient (Wildman–Crippen LogP) is 6.96. The Bertz CT molecular complexity index is 364. The Balaban J connectivity index is 2.09. The van der Waals surface area contributed by atoms with E-state index in [1.807, 2.05) is 7.11 Å². The average molecular weight is 395 g/mol. The molecule has 0 atom stereocenters. The first-order chi connectivity index (χ1) is 13.7. The second kappa shape index (κ2) is 13.2. The summed E-state index contributed by atoms with van der Waals surface area (Å²) in [6.45, 7) is 9.24. The molecule has 0 spiro atoms. The summed E-state index contributed by atoms with van der Waals surface area (Å²) in [6.07, 6.45) is 21.8. The van der Waals surface area contributed by atoms with Crippen molar-refractivity contribution in [2.75, 3.05) is 20.2 Å². The summed E-state index contributed by atoms with van der Waals surface area (Å²) in [4.78, 5) is 5.55. The van der Waals surface area contributed by atoms with Crippen molar-refractivity contribution in [3.05, 3.63) is 0 Å². The van der Waals surface area contributed by atoms with E-state index >= 15 is 0 Å². The van der Waals surface area contributed by atoms with E-state index in [-0.39, 0.29) is 5.85 Å². The maximum atomic E-state index is 6.57. The van der Waals surface area contributed by atoms with Crippen LogP contribution >= 0.6 is 0 Å². The monoisotopic (exact) mass is 394 g/mol. The molecule has 2 rings (SSSR count). The molecule has 2 fully saturated rings. The Morgan fingerprint density at radius 1 is 0.679 bits per heavy atom. The summed E-state index contributed by atoms with van der Waals surface area (Å²) >= 11 is 0. The number of methoxy groups -OCH3 is 1. The molecule has 2 aliphatic carbocycles. The van der Waals surface area contributed by atoms with E-state index in [0.717, 1.165) is 13.1 Å². The average Bonchev–Trinajstić information content (AvgIpc) is 3.42. The Labute approximate surface area is 176 Å². The highest BCUT2D eigenvalue weighted by Gasteiger charge is 2.47. The summed E-state index contributed by atoms with van der Waals surface area (Å²) in [5, 5.41) is 0. The van der Waals surface area contributed by atoms with Gasteiger partial charge in [0.2, 0.25) is 0 Å². The Morgan fingerprint density at radius 3 is 1.50 bits per heavy atom. The fraction of sp³-hybridized carbons (Fsp3) is 1.00. The summed E-state index contributed by atoms with van der Waals surface area (Å²) < 4.78 is 6.57. The smallest absolute Gasteiger partial charge is 0.179 e. The van der Waals surface area contributed by atoms with Crippen LogP contribution in [-0.4, -0.2) is 47.9 Å². The number of hydrogen-bond donors (Lipinski definition) is 0. The fourth-order valence-corrected chi connectivity index (χ4v) is 6.11. The van der Waals surface area contributed by atoms with Crippen LogP contribution in [-0.2, 0) is 4.74 Å². The van der Waals surface area contributed by atoms with Crippen LogP contribution in [0, 0.1) is 0 Å². The molecular weight excluding hydrogens is 344 g/mol. The molecule has 2 aliphatic rings. The molecule has 3 heteroatoms. The molecule has 0 unspecified atom stereocenters. The largest absolute Gasteiger partial charge is 0.350 e. The van der Waals surface area contributed by atoms with Gasteiger partial charge in [0.1, 0.15) is 0 Å². The molecule has 2 saturated carbocycles. The minimum Gasteiger partial charge on any atom is -0.350 e. The van der Waals surface area contributed by atoms with Gasteiger partial charge in [0.05, 0.1) is 0 Å². The highest BCUT2D eigenvalue weighted by molar-refractivity contribution is 4.92. The van der Waals surface area contributed by atoms with Crippen molar-refractivity contribution in [3.8, 4) is 0 Å². The molecule has 0 aromatic heterocycles. The molecular formula is C25H50N2O. The molecule has 0 bridgehead atoms. The van der Waals surface area contributed by atoms with Crippen LogP contribution < -0.4 is 0 Å². The number of rotatable bonds is 15. The highest BCUT2D eigenvalue weighted by Crippen LogP contribution is 2.39. The van der Waals surface area contributed by atoms with Crippen molar-refractivity contribution < 1.29 is 4.74 Å². The SMILES string of the molecule is CCCCCCCCCC(OC)(N(CC)C1CCCC1)N(CC)C1CCCC1. The lowest BCUT2D eigenvalue weighted by atomic mass is 10.0. The lowest BCUT2D eigenvalue weighted by molar-refractivity contribution is -0.260. The van der Waals surface area contributed by atoms with E-state index in [9.17, 15) is 0 Å². The molecule has 0 radical (unpaired) electrons. The highest BCUT2D eigenvalue weighted by atomic mass is 16.5. The van der Waals surface area contributed by atoms with E-state index in [1.165, 1.54) is 103 Å². The Hall–Kier alpha value is -0.120. The van der Waals surface area contributed by atoms with Crippen LogP contribution in [0.4, 0.5) is 0 Å². The van der Waals surface area contributed by atoms with Crippen molar-refractivity contribution in [2.45, 2.75) is 141 Å². The molecule has 0 aromatic rings. The third-order valence-electron chi connectivity index (χ3n) is 7.54. The van der Waals surface area contributed by atoms with Crippen LogP contribution in [0.15, 0.2) is 0 Å². The zero-order chi connectivity index (χ0) is 20.2. The van der Waals surface area contributed by atoms with Gasteiger partial charge in [-0.2, -0.15) is 0 Å². The van der Waals surface area contributed by atoms with Gasteiger partial charge >= 0.3 is 0 Å². The fourth-order valence-electron chi connectivity index (χ4n) is 6.11. The third-order valence-corrected chi connectivity index (χ3v) is 7.54. The molecule has 0 aliphatic heterocycles. The summed E-state index contributed by atoms with van der Waals surface area (Å²) in [5.74, 6) is -0.184. The van der Waals surface area contributed by atoms with Crippen LogP contribution in [0.25, 0.3) is 0 Å².